The highest BCUT2D eigenvalue weighted by molar-refractivity contribution is 5.81. The van der Waals surface area contributed by atoms with Gasteiger partial charge in [-0.1, -0.05) is 0 Å². The normalized spacial score (nSPS) is 17.4. The van der Waals surface area contributed by atoms with Gasteiger partial charge in [0.15, 0.2) is 0 Å². The molecule has 252 valence electrons. The van der Waals surface area contributed by atoms with Crippen LogP contribution in [0, 0.1) is 0 Å². The molecule has 0 aromatic heterocycles. The van der Waals surface area contributed by atoms with Crippen LogP contribution in [0.3, 0.4) is 0 Å². The van der Waals surface area contributed by atoms with E-state index in [0.29, 0.717) is 26.4 Å². The Morgan fingerprint density at radius 3 is 1.51 bits per heavy atom. The van der Waals surface area contributed by atoms with Gasteiger partial charge < -0.3 is 44.5 Å². The third-order valence-corrected chi connectivity index (χ3v) is 5.47. The molecule has 15 heteroatoms. The van der Waals surface area contributed by atoms with E-state index >= 15 is 0 Å². The number of amides is 2. The number of aliphatic hydroxyl groups excluding tert-OH is 1. The molecule has 0 saturated carbocycles. The number of hydrogen-bond donors (Lipinski definition) is 4. The van der Waals surface area contributed by atoms with Gasteiger partial charge in [-0.15, -0.1) is 0 Å². The first-order valence-corrected chi connectivity index (χ1v) is 14.5. The van der Waals surface area contributed by atoms with Crippen molar-refractivity contribution in [2.45, 2.75) is 78.7 Å². The lowest BCUT2D eigenvalue weighted by molar-refractivity contribution is -0.146. The molecule has 2 heterocycles. The van der Waals surface area contributed by atoms with Crippen LogP contribution in [0.2, 0.25) is 0 Å². The number of carboxylic acid groups (broad SMARTS) is 1. The summed E-state index contributed by atoms with van der Waals surface area (Å²) in [5, 5.41) is 21.6. The zero-order chi connectivity index (χ0) is 33.1. The van der Waals surface area contributed by atoms with Gasteiger partial charge in [0.05, 0.1) is 33.0 Å². The molecule has 2 atom stereocenters. The minimum absolute atomic E-state index is 0.264. The second-order valence-electron chi connectivity index (χ2n) is 11.9. The Bertz CT molecular complexity index is 816. The number of rotatable bonds is 9. The van der Waals surface area contributed by atoms with Crippen molar-refractivity contribution in [1.29, 1.82) is 0 Å². The third kappa shape index (κ3) is 23.4. The van der Waals surface area contributed by atoms with Crippen LogP contribution in [-0.4, -0.2) is 146 Å². The Balaban J connectivity index is 0.000000680. The number of ether oxygens (including phenoxy) is 5. The lowest BCUT2D eigenvalue weighted by Gasteiger charge is -2.26. The highest BCUT2D eigenvalue weighted by Crippen LogP contribution is 2.07. The van der Waals surface area contributed by atoms with E-state index in [1.165, 1.54) is 6.92 Å². The van der Waals surface area contributed by atoms with Gasteiger partial charge in [-0.3, -0.25) is 14.6 Å². The van der Waals surface area contributed by atoms with E-state index in [-0.39, 0.29) is 6.61 Å². The molecule has 2 fully saturated rings. The molecular formula is C28H54N4O11. The minimum atomic E-state index is -1.09. The quantitative estimate of drug-likeness (QED) is 0.212. The van der Waals surface area contributed by atoms with Gasteiger partial charge in [0.1, 0.15) is 29.9 Å². The SMILES string of the molecule is C[C@H](NC(=O)OC(C)(C)C)C(=O)O.C[C@H](NC(=O)OC(C)(C)C)C(=O)OCCN1CCOCC1.OCCN1CCOCC1. The van der Waals surface area contributed by atoms with E-state index in [2.05, 4.69) is 20.4 Å². The number of aliphatic hydroxyl groups is 1. The van der Waals surface area contributed by atoms with Crippen LogP contribution in [0.25, 0.3) is 0 Å². The van der Waals surface area contributed by atoms with Crippen molar-refractivity contribution in [3.8, 4) is 0 Å². The zero-order valence-electron chi connectivity index (χ0n) is 27.1. The molecular weight excluding hydrogens is 568 g/mol. The summed E-state index contributed by atoms with van der Waals surface area (Å²) in [6.45, 7) is 22.1. The molecule has 2 aliphatic rings. The first kappa shape index (κ1) is 40.3. The van der Waals surface area contributed by atoms with Crippen LogP contribution in [0.15, 0.2) is 0 Å². The highest BCUT2D eigenvalue weighted by Gasteiger charge is 2.22. The van der Waals surface area contributed by atoms with Crippen molar-refractivity contribution < 1.29 is 53.1 Å². The highest BCUT2D eigenvalue weighted by atomic mass is 16.6. The Morgan fingerprint density at radius 1 is 0.744 bits per heavy atom. The summed E-state index contributed by atoms with van der Waals surface area (Å²) >= 11 is 0. The van der Waals surface area contributed by atoms with Gasteiger partial charge in [-0.2, -0.15) is 0 Å². The van der Waals surface area contributed by atoms with Gasteiger partial charge in [-0.05, 0) is 55.4 Å². The third-order valence-electron chi connectivity index (χ3n) is 5.47. The van der Waals surface area contributed by atoms with Gasteiger partial charge in [0, 0.05) is 39.3 Å². The van der Waals surface area contributed by atoms with E-state index in [4.69, 9.17) is 33.9 Å². The maximum absolute atomic E-state index is 11.8. The van der Waals surface area contributed by atoms with E-state index in [0.717, 1.165) is 45.9 Å². The van der Waals surface area contributed by atoms with E-state index in [1.54, 1.807) is 48.5 Å². The summed E-state index contributed by atoms with van der Waals surface area (Å²) in [6.07, 6.45) is -1.34. The number of hydrogen-bond acceptors (Lipinski definition) is 12. The number of esters is 1. The molecule has 0 aromatic carbocycles. The maximum atomic E-state index is 11.8. The van der Waals surface area contributed by atoms with Crippen LogP contribution in [0.4, 0.5) is 9.59 Å². The molecule has 4 N–H and O–H groups in total. The molecule has 2 aliphatic heterocycles. The van der Waals surface area contributed by atoms with Crippen molar-refractivity contribution in [3.05, 3.63) is 0 Å². The molecule has 0 unspecified atom stereocenters. The molecule has 2 saturated heterocycles. The topological polar surface area (TPSA) is 185 Å². The Morgan fingerprint density at radius 2 is 1.14 bits per heavy atom. The van der Waals surface area contributed by atoms with Gasteiger partial charge >= 0.3 is 24.1 Å². The number of nitrogens with one attached hydrogen (secondary N) is 2. The van der Waals surface area contributed by atoms with Crippen LogP contribution < -0.4 is 10.6 Å². The maximum Gasteiger partial charge on any atom is 0.408 e. The lowest BCUT2D eigenvalue weighted by atomic mass is 10.2. The molecule has 0 spiro atoms. The zero-order valence-corrected chi connectivity index (χ0v) is 27.1. The number of carboxylic acids is 1. The van der Waals surface area contributed by atoms with E-state index in [1.807, 2.05) is 0 Å². The van der Waals surface area contributed by atoms with Gasteiger partial charge in [0.25, 0.3) is 0 Å². The summed E-state index contributed by atoms with van der Waals surface area (Å²) in [4.78, 5) is 49.0. The second-order valence-corrected chi connectivity index (χ2v) is 11.9. The Labute approximate surface area is 255 Å². The average molecular weight is 623 g/mol. The Kier molecular flexibility index (Phi) is 19.7. The number of nitrogens with zero attached hydrogens (tertiary/aromatic N) is 2. The molecule has 43 heavy (non-hydrogen) atoms. The summed E-state index contributed by atoms with van der Waals surface area (Å²) in [5.41, 5.74) is -1.20. The molecule has 2 amide bonds. The fourth-order valence-corrected chi connectivity index (χ4v) is 3.28. The van der Waals surface area contributed by atoms with Crippen LogP contribution in [-0.2, 0) is 33.3 Å². The number of alkyl carbamates (subject to hydrolysis) is 2. The van der Waals surface area contributed by atoms with Crippen molar-refractivity contribution in [1.82, 2.24) is 20.4 Å². The number of carbonyl (C=O) groups is 4. The van der Waals surface area contributed by atoms with E-state index in [9.17, 15) is 19.2 Å². The number of β-amino-alcohol motifs (C(OH)–C–C–N with tert-alkyl or cyclic N) is 1. The van der Waals surface area contributed by atoms with Crippen molar-refractivity contribution in [2.75, 3.05) is 78.9 Å². The summed E-state index contributed by atoms with van der Waals surface area (Å²) in [6, 6.07) is -1.67. The molecule has 0 radical (unpaired) electrons. The number of aliphatic carboxylic acids is 1. The van der Waals surface area contributed by atoms with Gasteiger partial charge in [-0.25, -0.2) is 14.4 Å². The summed E-state index contributed by atoms with van der Waals surface area (Å²) in [7, 11) is 0. The Hall–Kier alpha value is -2.72. The standard InChI is InChI=1S/C14H26N2O5.C8H15NO4.C6H13NO2/c1-11(15-13(18)21-14(2,3)4)12(17)20-10-7-16-5-8-19-9-6-16;1-5(6(10)11)9-7(12)13-8(2,3)4;8-4-1-7-2-5-9-6-3-7/h11H,5-10H2,1-4H3,(H,15,18);5H,1-4H3,(H,9,12)(H,10,11);8H,1-6H2/t11-;5-;/m00./s1. The molecule has 0 aromatic rings. The molecule has 0 aliphatic carbocycles. The van der Waals surface area contributed by atoms with E-state index < -0.39 is 47.4 Å². The van der Waals surface area contributed by atoms with Crippen LogP contribution in [0.5, 0.6) is 0 Å². The molecule has 2 rings (SSSR count). The summed E-state index contributed by atoms with van der Waals surface area (Å²) in [5.74, 6) is -1.56. The van der Waals surface area contributed by atoms with Gasteiger partial charge in [0.2, 0.25) is 0 Å². The lowest BCUT2D eigenvalue weighted by Crippen LogP contribution is -2.43. The molecule has 15 nitrogen and oxygen atoms in total. The van der Waals surface area contributed by atoms with Crippen molar-refractivity contribution in [3.63, 3.8) is 0 Å². The van der Waals surface area contributed by atoms with Crippen LogP contribution >= 0.6 is 0 Å². The first-order valence-electron chi connectivity index (χ1n) is 14.5. The smallest absolute Gasteiger partial charge is 0.408 e. The molecule has 0 bridgehead atoms. The van der Waals surface area contributed by atoms with Crippen molar-refractivity contribution >= 4 is 24.1 Å². The first-order chi connectivity index (χ1) is 19.9. The predicted octanol–water partition coefficient (Wildman–Crippen LogP) is 1.07. The number of morpholine rings is 2. The average Bonchev–Trinajstić information content (AvgIpc) is 2.88. The fraction of sp³-hybridized carbons (Fsp3) is 0.857. The minimum Gasteiger partial charge on any atom is -0.480 e. The largest absolute Gasteiger partial charge is 0.480 e. The van der Waals surface area contributed by atoms with Crippen LogP contribution in [0.1, 0.15) is 55.4 Å². The predicted molar refractivity (Wildman–Crippen MR) is 158 cm³/mol. The second kappa shape index (κ2) is 21.1. The monoisotopic (exact) mass is 622 g/mol. The van der Waals surface area contributed by atoms with Crippen molar-refractivity contribution in [2.24, 2.45) is 0 Å². The summed E-state index contributed by atoms with van der Waals surface area (Å²) < 4.78 is 25.4. The fourth-order valence-electron chi connectivity index (χ4n) is 3.28. The number of carbonyl (C=O) groups excluding carboxylic acids is 3.